The van der Waals surface area contributed by atoms with Crippen LogP contribution in [0.3, 0.4) is 0 Å². The Hall–Kier alpha value is -1.35. The van der Waals surface area contributed by atoms with Crippen LogP contribution in [0.5, 0.6) is 0 Å². The van der Waals surface area contributed by atoms with E-state index >= 15 is 0 Å². The van der Waals surface area contributed by atoms with Crippen LogP contribution in [0.15, 0.2) is 24.3 Å². The van der Waals surface area contributed by atoms with Gasteiger partial charge in [-0.15, -0.1) is 0 Å². The molecule has 0 aliphatic heterocycles. The maximum Gasteiger partial charge on any atom is 0.251 e. The molecule has 3 nitrogen and oxygen atoms in total. The maximum atomic E-state index is 12.2. The van der Waals surface area contributed by atoms with Crippen molar-refractivity contribution < 1.29 is 4.79 Å². The smallest absolute Gasteiger partial charge is 0.251 e. The van der Waals surface area contributed by atoms with Gasteiger partial charge in [0.1, 0.15) is 0 Å². The molecule has 2 aliphatic rings. The van der Waals surface area contributed by atoms with Crippen molar-refractivity contribution in [1.82, 2.24) is 5.32 Å². The molecule has 0 heterocycles. The number of fused-ring (bicyclic) bond motifs is 2. The summed E-state index contributed by atoms with van der Waals surface area (Å²) < 4.78 is 0. The van der Waals surface area contributed by atoms with E-state index in [4.69, 9.17) is 5.73 Å². The zero-order valence-electron chi connectivity index (χ0n) is 11.3. The lowest BCUT2D eigenvalue weighted by molar-refractivity contribution is 0.0923. The number of rotatable bonds is 4. The van der Waals surface area contributed by atoms with E-state index in [1.165, 1.54) is 31.2 Å². The fourth-order valence-electron chi connectivity index (χ4n) is 3.66. The van der Waals surface area contributed by atoms with Crippen LogP contribution in [0, 0.1) is 11.8 Å². The molecular weight excluding hydrogens is 236 g/mol. The molecule has 3 heteroatoms. The van der Waals surface area contributed by atoms with Crippen molar-refractivity contribution in [3.63, 3.8) is 0 Å². The standard InChI is InChI=1S/C16H22N2O/c17-8-7-11-1-4-13(5-2-11)16(19)18-15-10-12-3-6-14(15)9-12/h1-2,4-5,12,14-15H,3,6-10,17H2,(H,18,19). The van der Waals surface area contributed by atoms with Gasteiger partial charge in [0, 0.05) is 11.6 Å². The largest absolute Gasteiger partial charge is 0.349 e. The molecule has 3 N–H and O–H groups in total. The molecule has 0 aromatic heterocycles. The van der Waals surface area contributed by atoms with Crippen molar-refractivity contribution in [3.8, 4) is 0 Å². The maximum absolute atomic E-state index is 12.2. The van der Waals surface area contributed by atoms with Crippen LogP contribution >= 0.6 is 0 Å². The average Bonchev–Trinajstić information content (AvgIpc) is 3.02. The second-order valence-electron chi connectivity index (χ2n) is 5.99. The summed E-state index contributed by atoms with van der Waals surface area (Å²) in [6.07, 6.45) is 6.03. The van der Waals surface area contributed by atoms with Crippen LogP contribution in [0.25, 0.3) is 0 Å². The summed E-state index contributed by atoms with van der Waals surface area (Å²) in [7, 11) is 0. The van der Waals surface area contributed by atoms with E-state index in [0.29, 0.717) is 12.6 Å². The van der Waals surface area contributed by atoms with Gasteiger partial charge in [0.2, 0.25) is 0 Å². The lowest BCUT2D eigenvalue weighted by Crippen LogP contribution is -2.38. The molecule has 102 valence electrons. The van der Waals surface area contributed by atoms with Gasteiger partial charge in [-0.1, -0.05) is 18.6 Å². The van der Waals surface area contributed by atoms with Crippen molar-refractivity contribution >= 4 is 5.91 Å². The highest BCUT2D eigenvalue weighted by atomic mass is 16.1. The van der Waals surface area contributed by atoms with E-state index in [0.717, 1.165) is 23.8 Å². The van der Waals surface area contributed by atoms with Gasteiger partial charge in [-0.3, -0.25) is 4.79 Å². The summed E-state index contributed by atoms with van der Waals surface area (Å²) in [5.41, 5.74) is 7.48. The Kier molecular flexibility index (Phi) is 3.56. The zero-order chi connectivity index (χ0) is 13.2. The molecule has 2 saturated carbocycles. The first-order chi connectivity index (χ1) is 9.26. The summed E-state index contributed by atoms with van der Waals surface area (Å²) in [5, 5.41) is 3.21. The van der Waals surface area contributed by atoms with Crippen LogP contribution in [-0.2, 0) is 6.42 Å². The minimum atomic E-state index is 0.0804. The fourth-order valence-corrected chi connectivity index (χ4v) is 3.66. The summed E-state index contributed by atoms with van der Waals surface area (Å²) in [6, 6.07) is 8.24. The second kappa shape index (κ2) is 5.33. The predicted molar refractivity (Wildman–Crippen MR) is 75.9 cm³/mol. The molecule has 0 saturated heterocycles. The average molecular weight is 258 g/mol. The number of amides is 1. The van der Waals surface area contributed by atoms with E-state index in [1.807, 2.05) is 24.3 Å². The van der Waals surface area contributed by atoms with Gasteiger partial charge in [0.15, 0.2) is 0 Å². The molecule has 3 unspecified atom stereocenters. The number of carbonyl (C=O) groups is 1. The normalized spacial score (nSPS) is 28.6. The van der Waals surface area contributed by atoms with Crippen LogP contribution < -0.4 is 11.1 Å². The summed E-state index contributed by atoms with van der Waals surface area (Å²) in [4.78, 5) is 12.2. The molecule has 1 amide bonds. The first-order valence-corrected chi connectivity index (χ1v) is 7.36. The van der Waals surface area contributed by atoms with Gasteiger partial charge < -0.3 is 11.1 Å². The molecular formula is C16H22N2O. The molecule has 2 aliphatic carbocycles. The van der Waals surface area contributed by atoms with E-state index < -0.39 is 0 Å². The lowest BCUT2D eigenvalue weighted by atomic mass is 9.95. The molecule has 3 atom stereocenters. The van der Waals surface area contributed by atoms with Crippen molar-refractivity contribution in [2.75, 3.05) is 6.54 Å². The molecule has 1 aromatic carbocycles. The number of hydrogen-bond donors (Lipinski definition) is 2. The van der Waals surface area contributed by atoms with Crippen molar-refractivity contribution in [2.24, 2.45) is 17.6 Å². The third-order valence-electron chi connectivity index (χ3n) is 4.70. The molecule has 19 heavy (non-hydrogen) atoms. The molecule has 0 radical (unpaired) electrons. The number of benzene rings is 1. The first-order valence-electron chi connectivity index (χ1n) is 7.36. The molecule has 2 bridgehead atoms. The van der Waals surface area contributed by atoms with E-state index in [2.05, 4.69) is 5.32 Å². The predicted octanol–water partition coefficient (Wildman–Crippen LogP) is 2.11. The van der Waals surface area contributed by atoms with E-state index in [9.17, 15) is 4.79 Å². The summed E-state index contributed by atoms with van der Waals surface area (Å²) >= 11 is 0. The molecule has 2 fully saturated rings. The van der Waals surface area contributed by atoms with Gasteiger partial charge in [0.05, 0.1) is 0 Å². The third-order valence-corrected chi connectivity index (χ3v) is 4.70. The summed E-state index contributed by atoms with van der Waals surface area (Å²) in [6.45, 7) is 0.649. The number of nitrogens with one attached hydrogen (secondary N) is 1. The minimum Gasteiger partial charge on any atom is -0.349 e. The van der Waals surface area contributed by atoms with Crippen LogP contribution in [-0.4, -0.2) is 18.5 Å². The van der Waals surface area contributed by atoms with Crippen molar-refractivity contribution in [3.05, 3.63) is 35.4 Å². The Balaban J connectivity index is 1.60. The van der Waals surface area contributed by atoms with Gasteiger partial charge in [0.25, 0.3) is 5.91 Å². The van der Waals surface area contributed by atoms with Gasteiger partial charge in [-0.2, -0.15) is 0 Å². The number of hydrogen-bond acceptors (Lipinski definition) is 2. The Morgan fingerprint density at radius 1 is 1.21 bits per heavy atom. The Labute approximate surface area is 114 Å². The zero-order valence-corrected chi connectivity index (χ0v) is 11.3. The molecule has 0 spiro atoms. The third kappa shape index (κ3) is 2.66. The highest BCUT2D eigenvalue weighted by Gasteiger charge is 2.40. The first kappa shape index (κ1) is 12.7. The second-order valence-corrected chi connectivity index (χ2v) is 5.99. The molecule has 1 aromatic rings. The SMILES string of the molecule is NCCc1ccc(C(=O)NC2CC3CCC2C3)cc1. The van der Waals surface area contributed by atoms with Crippen molar-refractivity contribution in [2.45, 2.75) is 38.1 Å². The fraction of sp³-hybridized carbons (Fsp3) is 0.562. The van der Waals surface area contributed by atoms with Crippen molar-refractivity contribution in [1.29, 1.82) is 0 Å². The highest BCUT2D eigenvalue weighted by Crippen LogP contribution is 2.44. The van der Waals surface area contributed by atoms with E-state index in [-0.39, 0.29) is 5.91 Å². The van der Waals surface area contributed by atoms with E-state index in [1.54, 1.807) is 0 Å². The topological polar surface area (TPSA) is 55.1 Å². The quantitative estimate of drug-likeness (QED) is 0.869. The van der Waals surface area contributed by atoms with Gasteiger partial charge >= 0.3 is 0 Å². The highest BCUT2D eigenvalue weighted by molar-refractivity contribution is 5.94. The Morgan fingerprint density at radius 2 is 2.00 bits per heavy atom. The monoisotopic (exact) mass is 258 g/mol. The van der Waals surface area contributed by atoms with Gasteiger partial charge in [-0.25, -0.2) is 0 Å². The number of carbonyl (C=O) groups excluding carboxylic acids is 1. The van der Waals surface area contributed by atoms with Crippen LogP contribution in [0.4, 0.5) is 0 Å². The minimum absolute atomic E-state index is 0.0804. The summed E-state index contributed by atoms with van der Waals surface area (Å²) in [5.74, 6) is 1.67. The van der Waals surface area contributed by atoms with Crippen LogP contribution in [0.1, 0.15) is 41.6 Å². The molecule has 3 rings (SSSR count). The van der Waals surface area contributed by atoms with Gasteiger partial charge in [-0.05, 0) is 61.8 Å². The Morgan fingerprint density at radius 3 is 2.58 bits per heavy atom. The lowest BCUT2D eigenvalue weighted by Gasteiger charge is -2.22. The Bertz CT molecular complexity index is 454. The number of nitrogens with two attached hydrogens (primary N) is 1. The van der Waals surface area contributed by atoms with Crippen LogP contribution in [0.2, 0.25) is 0 Å².